The van der Waals surface area contributed by atoms with Gasteiger partial charge in [0, 0.05) is 28.6 Å². The van der Waals surface area contributed by atoms with Gasteiger partial charge in [-0.25, -0.2) is 4.98 Å². The standard InChI is InChI=1S/C17H18N2O2S2/c1-22-15-4-2-3-13(9-15)19-17(20)12-5-6-16(18-10-12)21-14-7-8-23-11-14/h2-6,9-10,14H,7-8,11H2,1H3,(H,19,20). The summed E-state index contributed by atoms with van der Waals surface area (Å²) in [5.74, 6) is 2.56. The summed E-state index contributed by atoms with van der Waals surface area (Å²) in [5.41, 5.74) is 1.30. The lowest BCUT2D eigenvalue weighted by Gasteiger charge is -2.11. The fourth-order valence-corrected chi connectivity index (χ4v) is 3.82. The number of thioether (sulfide) groups is 2. The van der Waals surface area contributed by atoms with Crippen molar-refractivity contribution in [3.05, 3.63) is 48.2 Å². The van der Waals surface area contributed by atoms with Crippen LogP contribution < -0.4 is 10.1 Å². The van der Waals surface area contributed by atoms with E-state index < -0.39 is 0 Å². The minimum Gasteiger partial charge on any atom is -0.473 e. The van der Waals surface area contributed by atoms with Crippen molar-refractivity contribution in [2.24, 2.45) is 0 Å². The highest BCUT2D eigenvalue weighted by atomic mass is 32.2. The van der Waals surface area contributed by atoms with Gasteiger partial charge in [0.15, 0.2) is 0 Å². The Morgan fingerprint density at radius 3 is 3.00 bits per heavy atom. The minimum atomic E-state index is -0.168. The molecule has 1 aromatic heterocycles. The zero-order valence-corrected chi connectivity index (χ0v) is 14.5. The summed E-state index contributed by atoms with van der Waals surface area (Å²) in [6, 6.07) is 11.3. The van der Waals surface area contributed by atoms with Crippen molar-refractivity contribution in [2.75, 3.05) is 23.1 Å². The molecule has 23 heavy (non-hydrogen) atoms. The van der Waals surface area contributed by atoms with E-state index in [1.807, 2.05) is 42.3 Å². The van der Waals surface area contributed by atoms with Crippen molar-refractivity contribution in [1.82, 2.24) is 4.98 Å². The number of carbonyl (C=O) groups excluding carboxylic acids is 1. The molecular weight excluding hydrogens is 328 g/mol. The van der Waals surface area contributed by atoms with E-state index in [0.29, 0.717) is 11.4 Å². The summed E-state index contributed by atoms with van der Waals surface area (Å²) in [4.78, 5) is 17.6. The van der Waals surface area contributed by atoms with Gasteiger partial charge in [-0.05, 0) is 42.7 Å². The first kappa shape index (κ1) is 16.2. The molecular formula is C17H18N2O2S2. The molecule has 1 aromatic carbocycles. The van der Waals surface area contributed by atoms with Gasteiger partial charge in [-0.3, -0.25) is 4.79 Å². The van der Waals surface area contributed by atoms with Crippen LogP contribution in [0.15, 0.2) is 47.5 Å². The fourth-order valence-electron chi connectivity index (χ4n) is 2.27. The third-order valence-electron chi connectivity index (χ3n) is 3.50. The first-order chi connectivity index (χ1) is 11.2. The average molecular weight is 346 g/mol. The third-order valence-corrected chi connectivity index (χ3v) is 5.36. The minimum absolute atomic E-state index is 0.168. The summed E-state index contributed by atoms with van der Waals surface area (Å²) >= 11 is 3.54. The van der Waals surface area contributed by atoms with Crippen LogP contribution >= 0.6 is 23.5 Å². The number of ether oxygens (including phenoxy) is 1. The van der Waals surface area contributed by atoms with Gasteiger partial charge < -0.3 is 10.1 Å². The number of benzene rings is 1. The SMILES string of the molecule is CSc1cccc(NC(=O)c2ccc(OC3CCSC3)nc2)c1. The number of nitrogens with one attached hydrogen (secondary N) is 1. The lowest BCUT2D eigenvalue weighted by molar-refractivity contribution is 0.102. The number of nitrogens with zero attached hydrogens (tertiary/aromatic N) is 1. The summed E-state index contributed by atoms with van der Waals surface area (Å²) in [5, 5.41) is 2.89. The molecule has 4 nitrogen and oxygen atoms in total. The Kier molecular flexibility index (Phi) is 5.46. The Balaban J connectivity index is 1.62. The molecule has 120 valence electrons. The van der Waals surface area contributed by atoms with Crippen molar-refractivity contribution in [3.8, 4) is 5.88 Å². The van der Waals surface area contributed by atoms with Crippen LogP contribution in [0.25, 0.3) is 0 Å². The van der Waals surface area contributed by atoms with Gasteiger partial charge in [0.25, 0.3) is 5.91 Å². The van der Waals surface area contributed by atoms with E-state index in [1.54, 1.807) is 30.1 Å². The van der Waals surface area contributed by atoms with Gasteiger partial charge in [0.05, 0.1) is 5.56 Å². The van der Waals surface area contributed by atoms with Crippen LogP contribution in [0.2, 0.25) is 0 Å². The molecule has 0 bridgehead atoms. The van der Waals surface area contributed by atoms with Crippen molar-refractivity contribution in [1.29, 1.82) is 0 Å². The lowest BCUT2D eigenvalue weighted by atomic mass is 10.2. The predicted octanol–water partition coefficient (Wildman–Crippen LogP) is 3.94. The van der Waals surface area contributed by atoms with Crippen LogP contribution in [-0.4, -0.2) is 34.8 Å². The zero-order chi connectivity index (χ0) is 16.1. The van der Waals surface area contributed by atoms with Gasteiger partial charge in [0.2, 0.25) is 5.88 Å². The lowest BCUT2D eigenvalue weighted by Crippen LogP contribution is -2.16. The highest BCUT2D eigenvalue weighted by Crippen LogP contribution is 2.22. The monoisotopic (exact) mass is 346 g/mol. The van der Waals surface area contributed by atoms with Crippen LogP contribution in [0.4, 0.5) is 5.69 Å². The maximum Gasteiger partial charge on any atom is 0.257 e. The Labute approximate surface area is 144 Å². The van der Waals surface area contributed by atoms with E-state index in [0.717, 1.165) is 28.5 Å². The number of carbonyl (C=O) groups is 1. The van der Waals surface area contributed by atoms with E-state index in [2.05, 4.69) is 10.3 Å². The van der Waals surface area contributed by atoms with Crippen molar-refractivity contribution in [3.63, 3.8) is 0 Å². The maximum absolute atomic E-state index is 12.3. The molecule has 1 amide bonds. The second-order valence-corrected chi connectivity index (χ2v) is 7.20. The van der Waals surface area contributed by atoms with Crippen molar-refractivity contribution >= 4 is 35.1 Å². The van der Waals surface area contributed by atoms with Crippen LogP contribution in [-0.2, 0) is 0 Å². The molecule has 1 fully saturated rings. The van der Waals surface area contributed by atoms with Gasteiger partial charge in [-0.15, -0.1) is 11.8 Å². The van der Waals surface area contributed by atoms with Gasteiger partial charge in [0.1, 0.15) is 6.10 Å². The van der Waals surface area contributed by atoms with Crippen LogP contribution in [0.3, 0.4) is 0 Å². The molecule has 3 rings (SSSR count). The van der Waals surface area contributed by atoms with E-state index in [9.17, 15) is 4.79 Å². The molecule has 1 N–H and O–H groups in total. The number of hydrogen-bond donors (Lipinski definition) is 1. The second-order valence-electron chi connectivity index (χ2n) is 5.17. The molecule has 1 atom stereocenters. The van der Waals surface area contributed by atoms with E-state index in [1.165, 1.54) is 0 Å². The smallest absolute Gasteiger partial charge is 0.257 e. The second kappa shape index (κ2) is 7.75. The Morgan fingerprint density at radius 2 is 2.30 bits per heavy atom. The third kappa shape index (κ3) is 4.42. The Bertz CT molecular complexity index is 671. The van der Waals surface area contributed by atoms with Crippen molar-refractivity contribution in [2.45, 2.75) is 17.4 Å². The van der Waals surface area contributed by atoms with Crippen LogP contribution in [0.1, 0.15) is 16.8 Å². The number of anilines is 1. The molecule has 1 unspecified atom stereocenters. The number of hydrogen-bond acceptors (Lipinski definition) is 5. The van der Waals surface area contributed by atoms with Crippen LogP contribution in [0, 0.1) is 0 Å². The topological polar surface area (TPSA) is 51.2 Å². The summed E-state index contributed by atoms with van der Waals surface area (Å²) < 4.78 is 5.79. The Hall–Kier alpha value is -1.66. The van der Waals surface area contributed by atoms with E-state index in [4.69, 9.17) is 4.74 Å². The zero-order valence-electron chi connectivity index (χ0n) is 12.8. The summed E-state index contributed by atoms with van der Waals surface area (Å²) in [6.45, 7) is 0. The summed E-state index contributed by atoms with van der Waals surface area (Å²) in [6.07, 6.45) is 4.86. The molecule has 0 spiro atoms. The van der Waals surface area contributed by atoms with Gasteiger partial charge in [-0.2, -0.15) is 11.8 Å². The first-order valence-electron chi connectivity index (χ1n) is 7.40. The molecule has 0 radical (unpaired) electrons. The quantitative estimate of drug-likeness (QED) is 0.831. The molecule has 6 heteroatoms. The molecule has 0 aliphatic carbocycles. The van der Waals surface area contributed by atoms with Gasteiger partial charge in [-0.1, -0.05) is 6.07 Å². The number of aromatic nitrogens is 1. The molecule has 1 saturated heterocycles. The largest absolute Gasteiger partial charge is 0.473 e. The molecule has 2 aromatic rings. The van der Waals surface area contributed by atoms with Gasteiger partial charge >= 0.3 is 0 Å². The normalized spacial score (nSPS) is 17.0. The highest BCUT2D eigenvalue weighted by Gasteiger charge is 2.17. The first-order valence-corrected chi connectivity index (χ1v) is 9.78. The maximum atomic E-state index is 12.3. The van der Waals surface area contributed by atoms with E-state index in [-0.39, 0.29) is 12.0 Å². The molecule has 1 aliphatic heterocycles. The molecule has 0 saturated carbocycles. The number of amides is 1. The molecule has 1 aliphatic rings. The Morgan fingerprint density at radius 1 is 1.39 bits per heavy atom. The summed E-state index contributed by atoms with van der Waals surface area (Å²) in [7, 11) is 0. The van der Waals surface area contributed by atoms with Crippen LogP contribution in [0.5, 0.6) is 5.88 Å². The van der Waals surface area contributed by atoms with E-state index >= 15 is 0 Å². The number of pyridine rings is 1. The van der Waals surface area contributed by atoms with Crippen molar-refractivity contribution < 1.29 is 9.53 Å². The fraction of sp³-hybridized carbons (Fsp3) is 0.294. The predicted molar refractivity (Wildman–Crippen MR) is 96.8 cm³/mol. The highest BCUT2D eigenvalue weighted by molar-refractivity contribution is 7.99. The molecule has 2 heterocycles. The number of rotatable bonds is 5. The average Bonchev–Trinajstić information content (AvgIpc) is 3.08.